The molecule has 0 radical (unpaired) electrons. The standard InChI is InChI=1S/C9H14ClNO/c1-5-8(10)11-6-7(2)9(3,4)12/h5-6,12H,2H2,1,3-4H3/b8-5-,11-6?. The Morgan fingerprint density at radius 3 is 2.42 bits per heavy atom. The van der Waals surface area contributed by atoms with Gasteiger partial charge in [-0.25, -0.2) is 4.99 Å². The van der Waals surface area contributed by atoms with Gasteiger partial charge in [0.05, 0.1) is 5.60 Å². The van der Waals surface area contributed by atoms with E-state index in [4.69, 9.17) is 11.6 Å². The second-order valence-electron chi connectivity index (χ2n) is 2.95. The molecule has 0 aliphatic carbocycles. The third-order valence-electron chi connectivity index (χ3n) is 1.37. The van der Waals surface area contributed by atoms with Gasteiger partial charge in [0.15, 0.2) is 0 Å². The number of aliphatic imine (C=N–C) groups is 1. The molecule has 2 nitrogen and oxygen atoms in total. The van der Waals surface area contributed by atoms with Crippen LogP contribution in [0.4, 0.5) is 0 Å². The van der Waals surface area contributed by atoms with Gasteiger partial charge in [0.2, 0.25) is 0 Å². The van der Waals surface area contributed by atoms with Crippen LogP contribution in [-0.2, 0) is 0 Å². The highest BCUT2D eigenvalue weighted by molar-refractivity contribution is 6.29. The van der Waals surface area contributed by atoms with Crippen LogP contribution in [0, 0.1) is 0 Å². The van der Waals surface area contributed by atoms with Crippen LogP contribution in [0.5, 0.6) is 0 Å². The molecule has 0 rings (SSSR count). The first kappa shape index (κ1) is 11.4. The summed E-state index contributed by atoms with van der Waals surface area (Å²) in [5, 5.41) is 9.81. The summed E-state index contributed by atoms with van der Waals surface area (Å²) in [7, 11) is 0. The molecule has 0 amide bonds. The van der Waals surface area contributed by atoms with Crippen LogP contribution in [0.25, 0.3) is 0 Å². The second-order valence-corrected chi connectivity index (χ2v) is 3.34. The number of hydrogen-bond donors (Lipinski definition) is 1. The van der Waals surface area contributed by atoms with Crippen LogP contribution in [0.15, 0.2) is 28.4 Å². The lowest BCUT2D eigenvalue weighted by molar-refractivity contribution is 0.127. The number of nitrogens with zero attached hydrogens (tertiary/aromatic N) is 1. The molecule has 12 heavy (non-hydrogen) atoms. The molecular formula is C9H14ClNO. The van der Waals surface area contributed by atoms with Crippen LogP contribution in [0.2, 0.25) is 0 Å². The summed E-state index contributed by atoms with van der Waals surface area (Å²) in [6, 6.07) is 0. The van der Waals surface area contributed by atoms with Gasteiger partial charge < -0.3 is 5.11 Å². The molecule has 0 aliphatic rings. The van der Waals surface area contributed by atoms with Crippen LogP contribution < -0.4 is 0 Å². The van der Waals surface area contributed by atoms with Crippen LogP contribution >= 0.6 is 11.6 Å². The Morgan fingerprint density at radius 1 is 1.58 bits per heavy atom. The molecule has 0 bridgehead atoms. The van der Waals surface area contributed by atoms with Gasteiger partial charge in [0, 0.05) is 6.21 Å². The molecule has 0 atom stereocenters. The van der Waals surface area contributed by atoms with E-state index in [1.54, 1.807) is 26.8 Å². The predicted octanol–water partition coefficient (Wildman–Crippen LogP) is 2.48. The minimum absolute atomic E-state index is 0.389. The zero-order valence-corrected chi connectivity index (χ0v) is 8.39. The van der Waals surface area contributed by atoms with Gasteiger partial charge in [0.25, 0.3) is 0 Å². The molecule has 0 aromatic heterocycles. The SMILES string of the molecule is C=C(C=N/C(Cl)=C\C)C(C)(C)O. The molecule has 0 aromatic rings. The number of aliphatic hydroxyl groups is 1. The number of allylic oxidation sites excluding steroid dienone is 1. The Bertz CT molecular complexity index is 223. The smallest absolute Gasteiger partial charge is 0.124 e. The molecule has 0 saturated carbocycles. The topological polar surface area (TPSA) is 32.6 Å². The average Bonchev–Trinajstić information content (AvgIpc) is 1.97. The highest BCUT2D eigenvalue weighted by atomic mass is 35.5. The molecule has 0 saturated heterocycles. The van der Waals surface area contributed by atoms with E-state index in [9.17, 15) is 5.11 Å². The molecule has 0 aromatic carbocycles. The highest BCUT2D eigenvalue weighted by Gasteiger charge is 2.14. The fraction of sp³-hybridized carbons (Fsp3) is 0.444. The summed E-state index contributed by atoms with van der Waals surface area (Å²) in [5.41, 5.74) is -0.406. The third kappa shape index (κ3) is 4.31. The third-order valence-corrected chi connectivity index (χ3v) is 1.68. The maximum atomic E-state index is 9.42. The van der Waals surface area contributed by atoms with E-state index < -0.39 is 5.60 Å². The van der Waals surface area contributed by atoms with Crippen molar-refractivity contribution in [2.45, 2.75) is 26.4 Å². The van der Waals surface area contributed by atoms with E-state index in [1.807, 2.05) is 0 Å². The van der Waals surface area contributed by atoms with Gasteiger partial charge in [-0.3, -0.25) is 0 Å². The summed E-state index contributed by atoms with van der Waals surface area (Å²) in [6.07, 6.45) is 3.12. The Labute approximate surface area is 78.3 Å². The van der Waals surface area contributed by atoms with E-state index in [2.05, 4.69) is 11.6 Å². The molecule has 68 valence electrons. The summed E-state index contributed by atoms with van der Waals surface area (Å²) in [5.74, 6) is 0. The fourth-order valence-corrected chi connectivity index (χ4v) is 0.421. The molecule has 0 spiro atoms. The minimum atomic E-state index is -0.936. The van der Waals surface area contributed by atoms with Crippen molar-refractivity contribution in [2.24, 2.45) is 4.99 Å². The fourth-order valence-electron chi connectivity index (χ4n) is 0.372. The molecule has 0 heterocycles. The van der Waals surface area contributed by atoms with E-state index in [1.165, 1.54) is 6.21 Å². The first-order valence-electron chi connectivity index (χ1n) is 3.65. The van der Waals surface area contributed by atoms with Crippen molar-refractivity contribution in [2.75, 3.05) is 0 Å². The van der Waals surface area contributed by atoms with Gasteiger partial charge in [-0.1, -0.05) is 24.3 Å². The van der Waals surface area contributed by atoms with E-state index in [-0.39, 0.29) is 0 Å². The zero-order valence-electron chi connectivity index (χ0n) is 7.63. The van der Waals surface area contributed by atoms with Gasteiger partial charge in [-0.15, -0.1) is 0 Å². The predicted molar refractivity (Wildman–Crippen MR) is 53.5 cm³/mol. The lowest BCUT2D eigenvalue weighted by atomic mass is 10.0. The monoisotopic (exact) mass is 187 g/mol. The maximum Gasteiger partial charge on any atom is 0.124 e. The lowest BCUT2D eigenvalue weighted by Gasteiger charge is -2.16. The minimum Gasteiger partial charge on any atom is -0.386 e. The normalized spacial score (nSPS) is 13.9. The van der Waals surface area contributed by atoms with E-state index in [0.29, 0.717) is 10.7 Å². The summed E-state index contributed by atoms with van der Waals surface area (Å²) >= 11 is 5.60. The van der Waals surface area contributed by atoms with Crippen molar-refractivity contribution >= 4 is 17.8 Å². The molecule has 0 aliphatic heterocycles. The Kier molecular flexibility index (Phi) is 4.21. The van der Waals surface area contributed by atoms with Crippen LogP contribution in [-0.4, -0.2) is 16.9 Å². The van der Waals surface area contributed by atoms with Gasteiger partial charge in [-0.05, 0) is 26.3 Å². The second kappa shape index (κ2) is 4.43. The molecule has 0 fully saturated rings. The maximum absolute atomic E-state index is 9.42. The van der Waals surface area contributed by atoms with Crippen molar-refractivity contribution in [3.63, 3.8) is 0 Å². The van der Waals surface area contributed by atoms with Crippen LogP contribution in [0.1, 0.15) is 20.8 Å². The Balaban J connectivity index is 4.29. The molecule has 1 N–H and O–H groups in total. The number of hydrogen-bond acceptors (Lipinski definition) is 2. The molecular weight excluding hydrogens is 174 g/mol. The van der Waals surface area contributed by atoms with Crippen molar-refractivity contribution in [1.29, 1.82) is 0 Å². The first-order valence-corrected chi connectivity index (χ1v) is 4.03. The zero-order chi connectivity index (χ0) is 9.78. The van der Waals surface area contributed by atoms with Crippen LogP contribution in [0.3, 0.4) is 0 Å². The number of rotatable bonds is 3. The van der Waals surface area contributed by atoms with Crippen molar-refractivity contribution in [3.05, 3.63) is 23.4 Å². The van der Waals surface area contributed by atoms with Crippen molar-refractivity contribution in [3.8, 4) is 0 Å². The van der Waals surface area contributed by atoms with Gasteiger partial charge >= 0.3 is 0 Å². The lowest BCUT2D eigenvalue weighted by Crippen LogP contribution is -2.21. The molecule has 0 unspecified atom stereocenters. The largest absolute Gasteiger partial charge is 0.386 e. The molecule has 3 heteroatoms. The quantitative estimate of drug-likeness (QED) is 0.535. The van der Waals surface area contributed by atoms with Gasteiger partial charge in [0.1, 0.15) is 5.16 Å². The highest BCUT2D eigenvalue weighted by Crippen LogP contribution is 2.12. The average molecular weight is 188 g/mol. The summed E-state index contributed by atoms with van der Waals surface area (Å²) in [4.78, 5) is 3.85. The summed E-state index contributed by atoms with van der Waals surface area (Å²) in [6.45, 7) is 8.72. The first-order chi connectivity index (χ1) is 5.38. The number of halogens is 1. The van der Waals surface area contributed by atoms with E-state index in [0.717, 1.165) is 0 Å². The van der Waals surface area contributed by atoms with Crippen molar-refractivity contribution in [1.82, 2.24) is 0 Å². The Hall–Kier alpha value is -0.600. The Morgan fingerprint density at radius 2 is 2.08 bits per heavy atom. The van der Waals surface area contributed by atoms with Crippen molar-refractivity contribution < 1.29 is 5.11 Å². The summed E-state index contributed by atoms with van der Waals surface area (Å²) < 4.78 is 0. The van der Waals surface area contributed by atoms with Gasteiger partial charge in [-0.2, -0.15) is 0 Å². The van der Waals surface area contributed by atoms with E-state index >= 15 is 0 Å².